The molecule has 4 nitrogen and oxygen atoms in total. The maximum absolute atomic E-state index is 11.4. The van der Waals surface area contributed by atoms with Crippen LogP contribution in [0.2, 0.25) is 0 Å². The molecule has 0 aliphatic heterocycles. The van der Waals surface area contributed by atoms with E-state index in [0.717, 1.165) is 4.88 Å². The molecule has 0 unspecified atom stereocenters. The molecule has 1 aromatic heterocycles. The van der Waals surface area contributed by atoms with Gasteiger partial charge in [-0.05, 0) is 13.0 Å². The average molecular weight is 226 g/mol. The smallest absolute Gasteiger partial charge is 0.350 e. The van der Waals surface area contributed by atoms with E-state index in [1.807, 2.05) is 32.0 Å². The van der Waals surface area contributed by atoms with Crippen LogP contribution in [0, 0.1) is 6.92 Å². The topological polar surface area (TPSA) is 41.9 Å². The van der Waals surface area contributed by atoms with Gasteiger partial charge in [0.25, 0.3) is 0 Å². The van der Waals surface area contributed by atoms with Crippen molar-refractivity contribution in [3.8, 4) is 0 Å². The number of methoxy groups -OCH3 is 1. The van der Waals surface area contributed by atoms with E-state index in [0.29, 0.717) is 10.6 Å². The highest BCUT2D eigenvalue weighted by Crippen LogP contribution is 2.29. The van der Waals surface area contributed by atoms with Gasteiger partial charge in [0.1, 0.15) is 4.88 Å². The molecule has 0 saturated carbocycles. The summed E-state index contributed by atoms with van der Waals surface area (Å²) in [7, 11) is 5.12. The maximum atomic E-state index is 11.4. The normalized spacial score (nSPS) is 10.7. The van der Waals surface area contributed by atoms with Crippen molar-refractivity contribution >= 4 is 29.3 Å². The van der Waals surface area contributed by atoms with Crippen LogP contribution in [0.4, 0.5) is 5.69 Å². The second-order valence-electron chi connectivity index (χ2n) is 3.27. The summed E-state index contributed by atoms with van der Waals surface area (Å²) in [6, 6.07) is 1.87. The first kappa shape index (κ1) is 11.7. The van der Waals surface area contributed by atoms with Crippen LogP contribution in [0.5, 0.6) is 0 Å². The maximum Gasteiger partial charge on any atom is 0.350 e. The fourth-order valence-electron chi connectivity index (χ4n) is 1.01. The number of carbonyl (C=O) groups is 1. The first-order valence-electron chi connectivity index (χ1n) is 4.44. The predicted molar refractivity (Wildman–Crippen MR) is 62.2 cm³/mol. The van der Waals surface area contributed by atoms with Crippen LogP contribution < -0.4 is 0 Å². The zero-order valence-electron chi connectivity index (χ0n) is 9.27. The summed E-state index contributed by atoms with van der Waals surface area (Å²) in [4.78, 5) is 19.0. The molecule has 5 heteroatoms. The number of nitrogens with zero attached hydrogens (tertiary/aromatic N) is 2. The van der Waals surface area contributed by atoms with Crippen LogP contribution in [0.1, 0.15) is 14.5 Å². The van der Waals surface area contributed by atoms with Gasteiger partial charge in [-0.2, -0.15) is 0 Å². The lowest BCUT2D eigenvalue weighted by Gasteiger charge is -2.02. The molecule has 1 heterocycles. The van der Waals surface area contributed by atoms with Crippen LogP contribution in [0.15, 0.2) is 11.1 Å². The van der Waals surface area contributed by atoms with E-state index in [1.165, 1.54) is 18.4 Å². The molecule has 15 heavy (non-hydrogen) atoms. The van der Waals surface area contributed by atoms with Gasteiger partial charge in [-0.25, -0.2) is 9.79 Å². The Labute approximate surface area is 93.2 Å². The van der Waals surface area contributed by atoms with E-state index in [-0.39, 0.29) is 5.97 Å². The van der Waals surface area contributed by atoms with Gasteiger partial charge < -0.3 is 9.64 Å². The van der Waals surface area contributed by atoms with Crippen molar-refractivity contribution in [1.29, 1.82) is 0 Å². The Balaban J connectivity index is 3.01. The molecule has 1 rings (SSSR count). The van der Waals surface area contributed by atoms with E-state index in [2.05, 4.69) is 9.73 Å². The number of rotatable bonds is 3. The van der Waals surface area contributed by atoms with Crippen molar-refractivity contribution in [2.45, 2.75) is 6.92 Å². The highest BCUT2D eigenvalue weighted by Gasteiger charge is 2.14. The fraction of sp³-hybridized carbons (Fsp3) is 0.400. The Kier molecular flexibility index (Phi) is 3.85. The fourth-order valence-corrected chi connectivity index (χ4v) is 1.89. The van der Waals surface area contributed by atoms with Crippen molar-refractivity contribution < 1.29 is 9.53 Å². The van der Waals surface area contributed by atoms with Crippen molar-refractivity contribution in [3.05, 3.63) is 15.8 Å². The molecule has 82 valence electrons. The first-order valence-corrected chi connectivity index (χ1v) is 5.25. The summed E-state index contributed by atoms with van der Waals surface area (Å²) in [6.45, 7) is 1.94. The first-order chi connectivity index (χ1) is 7.04. The van der Waals surface area contributed by atoms with Gasteiger partial charge in [-0.15, -0.1) is 11.3 Å². The molecule has 0 radical (unpaired) electrons. The van der Waals surface area contributed by atoms with E-state index >= 15 is 0 Å². The summed E-state index contributed by atoms with van der Waals surface area (Å²) in [5, 5.41) is 0. The van der Waals surface area contributed by atoms with Crippen molar-refractivity contribution in [2.75, 3.05) is 21.2 Å². The molecule has 0 bridgehead atoms. The minimum atomic E-state index is -0.334. The lowest BCUT2D eigenvalue weighted by molar-refractivity contribution is 0.0607. The number of aliphatic imine (C=N–C) groups is 1. The van der Waals surface area contributed by atoms with Crippen LogP contribution in [0.3, 0.4) is 0 Å². The Morgan fingerprint density at radius 1 is 1.60 bits per heavy atom. The summed E-state index contributed by atoms with van der Waals surface area (Å²) in [5.74, 6) is -0.334. The SMILES string of the molecule is COC(=O)c1sc(C)cc1/N=C/N(C)C. The lowest BCUT2D eigenvalue weighted by atomic mass is 10.3. The van der Waals surface area contributed by atoms with Crippen molar-refractivity contribution in [1.82, 2.24) is 4.90 Å². The molecule has 0 saturated heterocycles. The van der Waals surface area contributed by atoms with Gasteiger partial charge >= 0.3 is 5.97 Å². The zero-order valence-corrected chi connectivity index (χ0v) is 10.1. The highest BCUT2D eigenvalue weighted by molar-refractivity contribution is 7.14. The number of ether oxygens (including phenoxy) is 1. The molecule has 0 aromatic carbocycles. The van der Waals surface area contributed by atoms with E-state index in [1.54, 1.807) is 6.34 Å². The predicted octanol–water partition coefficient (Wildman–Crippen LogP) is 2.06. The second kappa shape index (κ2) is 4.93. The molecule has 0 fully saturated rings. The van der Waals surface area contributed by atoms with Crippen molar-refractivity contribution in [3.63, 3.8) is 0 Å². The molecular weight excluding hydrogens is 212 g/mol. The quantitative estimate of drug-likeness (QED) is 0.450. The van der Waals surface area contributed by atoms with Crippen LogP contribution in [-0.2, 0) is 4.74 Å². The zero-order chi connectivity index (χ0) is 11.4. The Morgan fingerprint density at radius 3 is 2.80 bits per heavy atom. The van der Waals surface area contributed by atoms with Gasteiger partial charge in [0.2, 0.25) is 0 Å². The van der Waals surface area contributed by atoms with Gasteiger partial charge in [0.15, 0.2) is 0 Å². The van der Waals surface area contributed by atoms with E-state index in [4.69, 9.17) is 0 Å². The van der Waals surface area contributed by atoms with Gasteiger partial charge in [-0.1, -0.05) is 0 Å². The standard InChI is InChI=1S/C10H14N2O2S/c1-7-5-8(11-6-12(2)3)9(15-7)10(13)14-4/h5-6H,1-4H3/b11-6+. The molecular formula is C10H14N2O2S. The molecule has 0 amide bonds. The minimum absolute atomic E-state index is 0.334. The Bertz CT molecular complexity index is 383. The van der Waals surface area contributed by atoms with Crippen LogP contribution in [0.25, 0.3) is 0 Å². The number of esters is 1. The van der Waals surface area contributed by atoms with Crippen molar-refractivity contribution in [2.24, 2.45) is 4.99 Å². The highest BCUT2D eigenvalue weighted by atomic mass is 32.1. The molecule has 0 N–H and O–H groups in total. The largest absolute Gasteiger partial charge is 0.465 e. The molecule has 0 atom stereocenters. The van der Waals surface area contributed by atoms with E-state index in [9.17, 15) is 4.79 Å². The lowest BCUT2D eigenvalue weighted by Crippen LogP contribution is -2.07. The summed E-state index contributed by atoms with van der Waals surface area (Å²) >= 11 is 1.39. The number of hydrogen-bond donors (Lipinski definition) is 0. The monoisotopic (exact) mass is 226 g/mol. The third-order valence-corrected chi connectivity index (χ3v) is 2.65. The molecule has 0 spiro atoms. The average Bonchev–Trinajstić information content (AvgIpc) is 2.55. The minimum Gasteiger partial charge on any atom is -0.465 e. The van der Waals surface area contributed by atoms with Crippen LogP contribution >= 0.6 is 11.3 Å². The third-order valence-electron chi connectivity index (χ3n) is 1.63. The summed E-state index contributed by atoms with van der Waals surface area (Å²) in [5.41, 5.74) is 0.665. The van der Waals surface area contributed by atoms with Gasteiger partial charge in [-0.3, -0.25) is 0 Å². The molecule has 0 aliphatic carbocycles. The Morgan fingerprint density at radius 2 is 2.27 bits per heavy atom. The van der Waals surface area contributed by atoms with Gasteiger partial charge in [0, 0.05) is 19.0 Å². The third kappa shape index (κ3) is 3.06. The number of hydrogen-bond acceptors (Lipinski definition) is 4. The summed E-state index contributed by atoms with van der Waals surface area (Å²) in [6.07, 6.45) is 1.66. The summed E-state index contributed by atoms with van der Waals surface area (Å²) < 4.78 is 4.68. The number of aryl methyl sites for hydroxylation is 1. The molecule has 1 aromatic rings. The molecule has 0 aliphatic rings. The van der Waals surface area contributed by atoms with Crippen LogP contribution in [-0.4, -0.2) is 38.4 Å². The van der Waals surface area contributed by atoms with E-state index < -0.39 is 0 Å². The number of carbonyl (C=O) groups excluding carboxylic acids is 1. The Hall–Kier alpha value is -1.36. The van der Waals surface area contributed by atoms with Gasteiger partial charge in [0.05, 0.1) is 19.1 Å². The number of thiophene rings is 1. The second-order valence-corrected chi connectivity index (χ2v) is 4.53.